The minimum absolute atomic E-state index is 0.369. The molecule has 0 aliphatic carbocycles. The molecule has 0 amide bonds. The minimum Gasteiger partial charge on any atom is -0.373 e. The topological polar surface area (TPSA) is 49.8 Å². The second-order valence-electron chi connectivity index (χ2n) is 4.60. The van der Waals surface area contributed by atoms with E-state index in [1.54, 1.807) is 20.9 Å². The van der Waals surface area contributed by atoms with Crippen molar-refractivity contribution >= 4 is 17.3 Å². The Morgan fingerprint density at radius 2 is 1.71 bits per heavy atom. The van der Waals surface area contributed by atoms with Gasteiger partial charge in [0.05, 0.1) is 5.56 Å². The molecule has 2 aromatic rings. The third kappa shape index (κ3) is 3.24. The molecule has 4 nitrogen and oxygen atoms in total. The summed E-state index contributed by atoms with van der Waals surface area (Å²) in [6, 6.07) is 3.57. The number of aromatic nitrogens is 2. The molecule has 1 heterocycles. The van der Waals surface area contributed by atoms with Crippen LogP contribution in [-0.2, 0) is 6.18 Å². The van der Waals surface area contributed by atoms with Crippen LogP contribution in [0.1, 0.15) is 16.7 Å². The molecule has 2 rings (SSSR count). The van der Waals surface area contributed by atoms with Gasteiger partial charge in [-0.25, -0.2) is 9.97 Å². The van der Waals surface area contributed by atoms with Crippen LogP contribution in [-0.4, -0.2) is 17.0 Å². The van der Waals surface area contributed by atoms with E-state index in [-0.39, 0.29) is 0 Å². The molecule has 0 aliphatic rings. The summed E-state index contributed by atoms with van der Waals surface area (Å²) in [5.41, 5.74) is 1.11. The fourth-order valence-electron chi connectivity index (χ4n) is 1.89. The normalized spacial score (nSPS) is 11.3. The van der Waals surface area contributed by atoms with Gasteiger partial charge in [0.2, 0.25) is 0 Å². The second-order valence-corrected chi connectivity index (χ2v) is 4.60. The van der Waals surface area contributed by atoms with Crippen molar-refractivity contribution in [2.45, 2.75) is 20.0 Å². The highest BCUT2D eigenvalue weighted by Crippen LogP contribution is 2.33. The first-order chi connectivity index (χ1) is 9.82. The van der Waals surface area contributed by atoms with E-state index in [4.69, 9.17) is 0 Å². The standard InChI is InChI=1S/C14H15F3N4/c1-8-4-5-10(14(15,16)17)6-11(8)21-13-9(2)12(18-3)19-7-20-13/h4-7H,1-3H3,(H2,18,19,20,21). The second kappa shape index (κ2) is 5.59. The van der Waals surface area contributed by atoms with Crippen molar-refractivity contribution < 1.29 is 13.2 Å². The Bertz CT molecular complexity index is 653. The summed E-state index contributed by atoms with van der Waals surface area (Å²) in [6.45, 7) is 3.52. The largest absolute Gasteiger partial charge is 0.416 e. The van der Waals surface area contributed by atoms with E-state index >= 15 is 0 Å². The van der Waals surface area contributed by atoms with Crippen molar-refractivity contribution in [2.24, 2.45) is 0 Å². The van der Waals surface area contributed by atoms with E-state index < -0.39 is 11.7 Å². The smallest absolute Gasteiger partial charge is 0.373 e. The summed E-state index contributed by atoms with van der Waals surface area (Å²) in [5, 5.41) is 5.84. The van der Waals surface area contributed by atoms with Crippen molar-refractivity contribution in [1.29, 1.82) is 0 Å². The van der Waals surface area contributed by atoms with Crippen molar-refractivity contribution in [1.82, 2.24) is 9.97 Å². The number of nitrogens with zero attached hydrogens (tertiary/aromatic N) is 2. The van der Waals surface area contributed by atoms with Gasteiger partial charge in [-0.05, 0) is 31.5 Å². The number of halogens is 3. The first-order valence-corrected chi connectivity index (χ1v) is 6.27. The summed E-state index contributed by atoms with van der Waals surface area (Å²) >= 11 is 0. The molecular formula is C14H15F3N4. The Morgan fingerprint density at radius 1 is 1.05 bits per heavy atom. The lowest BCUT2D eigenvalue weighted by atomic mass is 10.1. The van der Waals surface area contributed by atoms with Crippen LogP contribution in [0.2, 0.25) is 0 Å². The van der Waals surface area contributed by atoms with E-state index in [0.29, 0.717) is 22.9 Å². The van der Waals surface area contributed by atoms with Crippen LogP contribution >= 0.6 is 0 Å². The fraction of sp³-hybridized carbons (Fsp3) is 0.286. The van der Waals surface area contributed by atoms with E-state index in [1.165, 1.54) is 12.4 Å². The highest BCUT2D eigenvalue weighted by molar-refractivity contribution is 5.67. The maximum Gasteiger partial charge on any atom is 0.416 e. The fourth-order valence-corrected chi connectivity index (χ4v) is 1.89. The molecule has 2 N–H and O–H groups in total. The highest BCUT2D eigenvalue weighted by atomic mass is 19.4. The van der Waals surface area contributed by atoms with Gasteiger partial charge in [0, 0.05) is 18.3 Å². The zero-order chi connectivity index (χ0) is 15.6. The van der Waals surface area contributed by atoms with Crippen molar-refractivity contribution in [3.8, 4) is 0 Å². The zero-order valence-electron chi connectivity index (χ0n) is 11.8. The number of hydrogen-bond donors (Lipinski definition) is 2. The van der Waals surface area contributed by atoms with Gasteiger partial charge in [-0.3, -0.25) is 0 Å². The van der Waals surface area contributed by atoms with Crippen molar-refractivity contribution in [3.63, 3.8) is 0 Å². The van der Waals surface area contributed by atoms with Gasteiger partial charge in [-0.15, -0.1) is 0 Å². The first kappa shape index (κ1) is 15.1. The molecule has 1 aromatic carbocycles. The van der Waals surface area contributed by atoms with E-state index in [2.05, 4.69) is 20.6 Å². The number of benzene rings is 1. The SMILES string of the molecule is CNc1ncnc(Nc2cc(C(F)(F)F)ccc2C)c1C. The van der Waals surface area contributed by atoms with Gasteiger partial charge < -0.3 is 10.6 Å². The van der Waals surface area contributed by atoms with Crippen LogP contribution in [0.25, 0.3) is 0 Å². The van der Waals surface area contributed by atoms with Crippen LogP contribution in [0.4, 0.5) is 30.5 Å². The van der Waals surface area contributed by atoms with Crippen molar-refractivity contribution in [3.05, 3.63) is 41.2 Å². The summed E-state index contributed by atoms with van der Waals surface area (Å²) in [7, 11) is 1.72. The molecule has 112 valence electrons. The lowest BCUT2D eigenvalue weighted by molar-refractivity contribution is -0.137. The Labute approximate surface area is 120 Å². The van der Waals surface area contributed by atoms with Crippen LogP contribution in [0.15, 0.2) is 24.5 Å². The van der Waals surface area contributed by atoms with Gasteiger partial charge in [0.15, 0.2) is 0 Å². The molecule has 1 aromatic heterocycles. The molecule has 0 radical (unpaired) electrons. The molecule has 0 spiro atoms. The third-order valence-electron chi connectivity index (χ3n) is 3.14. The number of nitrogens with one attached hydrogen (secondary N) is 2. The minimum atomic E-state index is -4.37. The van der Waals surface area contributed by atoms with Gasteiger partial charge >= 0.3 is 6.18 Å². The molecule has 0 saturated carbocycles. The van der Waals surface area contributed by atoms with Crippen LogP contribution in [0.3, 0.4) is 0 Å². The summed E-state index contributed by atoms with van der Waals surface area (Å²) in [4.78, 5) is 8.11. The van der Waals surface area contributed by atoms with E-state index in [0.717, 1.165) is 17.7 Å². The number of hydrogen-bond acceptors (Lipinski definition) is 4. The maximum absolute atomic E-state index is 12.8. The Balaban J connectivity index is 2.40. The number of aryl methyl sites for hydroxylation is 1. The highest BCUT2D eigenvalue weighted by Gasteiger charge is 2.30. The molecule has 21 heavy (non-hydrogen) atoms. The van der Waals surface area contributed by atoms with Crippen LogP contribution < -0.4 is 10.6 Å². The Morgan fingerprint density at radius 3 is 2.33 bits per heavy atom. The van der Waals surface area contributed by atoms with E-state index in [1.807, 2.05) is 0 Å². The summed E-state index contributed by atoms with van der Waals surface area (Å²) < 4.78 is 38.3. The monoisotopic (exact) mass is 296 g/mol. The molecule has 0 aliphatic heterocycles. The van der Waals surface area contributed by atoms with E-state index in [9.17, 15) is 13.2 Å². The number of rotatable bonds is 3. The Kier molecular flexibility index (Phi) is 4.02. The molecule has 0 saturated heterocycles. The van der Waals surface area contributed by atoms with Crippen LogP contribution in [0.5, 0.6) is 0 Å². The number of anilines is 3. The van der Waals surface area contributed by atoms with Crippen LogP contribution in [0, 0.1) is 13.8 Å². The molecule has 0 unspecified atom stereocenters. The van der Waals surface area contributed by atoms with Gasteiger partial charge in [-0.2, -0.15) is 13.2 Å². The van der Waals surface area contributed by atoms with Crippen molar-refractivity contribution in [2.75, 3.05) is 17.7 Å². The zero-order valence-corrected chi connectivity index (χ0v) is 11.8. The van der Waals surface area contributed by atoms with Gasteiger partial charge in [0.25, 0.3) is 0 Å². The average molecular weight is 296 g/mol. The van der Waals surface area contributed by atoms with Gasteiger partial charge in [0.1, 0.15) is 18.0 Å². The molecule has 0 atom stereocenters. The molecule has 0 fully saturated rings. The average Bonchev–Trinajstić information content (AvgIpc) is 2.42. The Hall–Kier alpha value is -2.31. The quantitative estimate of drug-likeness (QED) is 0.902. The number of alkyl halides is 3. The maximum atomic E-state index is 12.8. The summed E-state index contributed by atoms with van der Waals surface area (Å²) in [5.74, 6) is 1.09. The predicted molar refractivity (Wildman–Crippen MR) is 75.8 cm³/mol. The third-order valence-corrected chi connectivity index (χ3v) is 3.14. The predicted octanol–water partition coefficient (Wildman–Crippen LogP) is 3.90. The molecule has 0 bridgehead atoms. The summed E-state index contributed by atoms with van der Waals surface area (Å²) in [6.07, 6.45) is -3.02. The molecular weight excluding hydrogens is 281 g/mol. The van der Waals surface area contributed by atoms with Gasteiger partial charge in [-0.1, -0.05) is 6.07 Å². The lowest BCUT2D eigenvalue weighted by Gasteiger charge is -2.15. The lowest BCUT2D eigenvalue weighted by Crippen LogP contribution is -2.07. The molecule has 7 heteroatoms. The first-order valence-electron chi connectivity index (χ1n) is 6.27.